The molecule has 2 atom stereocenters. The second kappa shape index (κ2) is 4.74. The molecular weight excluding hydrogens is 202 g/mol. The molecule has 1 saturated carbocycles. The fourth-order valence-corrected chi connectivity index (χ4v) is 3.69. The van der Waals surface area contributed by atoms with Gasteiger partial charge in [-0.1, -0.05) is 6.42 Å². The van der Waals surface area contributed by atoms with Crippen LogP contribution >= 0.6 is 0 Å². The number of piperidine rings is 1. The predicted octanol–water partition coefficient (Wildman–Crippen LogP) is 2.06. The number of nitrogens with zero attached hydrogens (tertiary/aromatic N) is 1. The van der Waals surface area contributed by atoms with Gasteiger partial charge in [0.25, 0.3) is 0 Å². The Hall–Kier alpha value is -0.570. The first-order valence-corrected chi connectivity index (χ1v) is 6.48. The van der Waals surface area contributed by atoms with Crippen molar-refractivity contribution in [2.75, 3.05) is 26.7 Å². The lowest BCUT2D eigenvalue weighted by atomic mass is 9.65. The van der Waals surface area contributed by atoms with Crippen molar-refractivity contribution in [3.8, 4) is 0 Å². The molecule has 2 bridgehead atoms. The van der Waals surface area contributed by atoms with Crippen molar-refractivity contribution in [1.82, 2.24) is 4.90 Å². The summed E-state index contributed by atoms with van der Waals surface area (Å²) in [5, 5.41) is 0. The number of carbonyl (C=O) groups excluding carboxylic acids is 1. The van der Waals surface area contributed by atoms with Crippen molar-refractivity contribution >= 4 is 5.97 Å². The molecule has 92 valence electrons. The molecule has 0 aromatic rings. The SMILES string of the molecule is CCOC(=O)CC12CCCC(CN(C)C1)C2. The zero-order chi connectivity index (χ0) is 11.6. The molecule has 2 rings (SSSR count). The van der Waals surface area contributed by atoms with E-state index in [2.05, 4.69) is 11.9 Å². The van der Waals surface area contributed by atoms with Crippen LogP contribution < -0.4 is 0 Å². The summed E-state index contributed by atoms with van der Waals surface area (Å²) in [6, 6.07) is 0. The van der Waals surface area contributed by atoms with E-state index in [-0.39, 0.29) is 11.4 Å². The number of hydrogen-bond donors (Lipinski definition) is 0. The van der Waals surface area contributed by atoms with Gasteiger partial charge < -0.3 is 9.64 Å². The van der Waals surface area contributed by atoms with Gasteiger partial charge in [0.05, 0.1) is 13.0 Å². The lowest BCUT2D eigenvalue weighted by Crippen LogP contribution is -2.48. The summed E-state index contributed by atoms with van der Waals surface area (Å²) in [5.74, 6) is 0.806. The highest BCUT2D eigenvalue weighted by atomic mass is 16.5. The Bertz CT molecular complexity index is 263. The molecule has 2 fully saturated rings. The second-order valence-electron chi connectivity index (χ2n) is 5.64. The van der Waals surface area contributed by atoms with Crippen molar-refractivity contribution in [1.29, 1.82) is 0 Å². The van der Waals surface area contributed by atoms with E-state index < -0.39 is 0 Å². The van der Waals surface area contributed by atoms with Gasteiger partial charge >= 0.3 is 5.97 Å². The highest BCUT2D eigenvalue weighted by Crippen LogP contribution is 2.46. The Morgan fingerprint density at radius 3 is 3.12 bits per heavy atom. The average molecular weight is 225 g/mol. The molecule has 1 aliphatic carbocycles. The summed E-state index contributed by atoms with van der Waals surface area (Å²) < 4.78 is 5.11. The maximum absolute atomic E-state index is 11.7. The standard InChI is InChI=1S/C13H23NO2/c1-3-16-12(15)8-13-6-4-5-11(7-13)9-14(2)10-13/h11H,3-10H2,1-2H3. The Morgan fingerprint density at radius 1 is 1.56 bits per heavy atom. The molecular formula is C13H23NO2. The van der Waals surface area contributed by atoms with Crippen LogP contribution in [-0.2, 0) is 9.53 Å². The van der Waals surface area contributed by atoms with Gasteiger partial charge in [0, 0.05) is 13.1 Å². The number of carbonyl (C=O) groups is 1. The third kappa shape index (κ3) is 2.57. The maximum atomic E-state index is 11.7. The summed E-state index contributed by atoms with van der Waals surface area (Å²) in [5.41, 5.74) is 0.224. The normalized spacial score (nSPS) is 34.8. The molecule has 16 heavy (non-hydrogen) atoms. The molecule has 1 aliphatic heterocycles. The summed E-state index contributed by atoms with van der Waals surface area (Å²) in [4.78, 5) is 14.1. The second-order valence-corrected chi connectivity index (χ2v) is 5.64. The Morgan fingerprint density at radius 2 is 2.38 bits per heavy atom. The summed E-state index contributed by atoms with van der Waals surface area (Å²) in [6.45, 7) is 4.67. The Kier molecular flexibility index (Phi) is 3.53. The van der Waals surface area contributed by atoms with Crippen LogP contribution in [0, 0.1) is 11.3 Å². The predicted molar refractivity (Wildman–Crippen MR) is 63.1 cm³/mol. The van der Waals surface area contributed by atoms with Gasteiger partial charge in [0.2, 0.25) is 0 Å². The van der Waals surface area contributed by atoms with Gasteiger partial charge in [0.15, 0.2) is 0 Å². The first-order valence-electron chi connectivity index (χ1n) is 6.48. The molecule has 0 aromatic carbocycles. The first-order chi connectivity index (χ1) is 7.63. The van der Waals surface area contributed by atoms with Crippen LogP contribution in [-0.4, -0.2) is 37.6 Å². The van der Waals surface area contributed by atoms with Crippen LogP contribution in [0.25, 0.3) is 0 Å². The molecule has 0 spiro atoms. The third-order valence-electron chi connectivity index (χ3n) is 4.04. The van der Waals surface area contributed by atoms with Crippen molar-refractivity contribution in [3.63, 3.8) is 0 Å². The number of likely N-dealkylation sites (tertiary alicyclic amines) is 1. The number of hydrogen-bond acceptors (Lipinski definition) is 3. The van der Waals surface area contributed by atoms with E-state index in [4.69, 9.17) is 4.74 Å². The van der Waals surface area contributed by atoms with Crippen LogP contribution in [0.2, 0.25) is 0 Å². The highest BCUT2D eigenvalue weighted by molar-refractivity contribution is 5.70. The quantitative estimate of drug-likeness (QED) is 0.689. The van der Waals surface area contributed by atoms with E-state index in [9.17, 15) is 4.79 Å². The van der Waals surface area contributed by atoms with Crippen LogP contribution in [0.1, 0.15) is 39.0 Å². The molecule has 0 radical (unpaired) electrons. The van der Waals surface area contributed by atoms with Gasteiger partial charge in [0.1, 0.15) is 0 Å². The third-order valence-corrected chi connectivity index (χ3v) is 4.04. The zero-order valence-corrected chi connectivity index (χ0v) is 10.5. The van der Waals surface area contributed by atoms with Crippen LogP contribution in [0.15, 0.2) is 0 Å². The molecule has 2 unspecified atom stereocenters. The van der Waals surface area contributed by atoms with E-state index in [1.165, 1.54) is 32.2 Å². The molecule has 3 nitrogen and oxygen atoms in total. The van der Waals surface area contributed by atoms with Crippen molar-refractivity contribution in [3.05, 3.63) is 0 Å². The molecule has 1 saturated heterocycles. The fraction of sp³-hybridized carbons (Fsp3) is 0.923. The van der Waals surface area contributed by atoms with Gasteiger partial charge in [-0.25, -0.2) is 0 Å². The van der Waals surface area contributed by atoms with E-state index >= 15 is 0 Å². The van der Waals surface area contributed by atoms with Crippen LogP contribution in [0.3, 0.4) is 0 Å². The van der Waals surface area contributed by atoms with Gasteiger partial charge in [-0.15, -0.1) is 0 Å². The van der Waals surface area contributed by atoms with Gasteiger partial charge in [-0.3, -0.25) is 4.79 Å². The molecule has 1 heterocycles. The number of ether oxygens (including phenoxy) is 1. The van der Waals surface area contributed by atoms with Crippen LogP contribution in [0.5, 0.6) is 0 Å². The number of rotatable bonds is 3. The van der Waals surface area contributed by atoms with Crippen molar-refractivity contribution in [2.24, 2.45) is 11.3 Å². The minimum Gasteiger partial charge on any atom is -0.466 e. The first kappa shape index (κ1) is 11.9. The molecule has 2 aliphatic rings. The van der Waals surface area contributed by atoms with E-state index in [0.717, 1.165) is 12.5 Å². The zero-order valence-electron chi connectivity index (χ0n) is 10.5. The molecule has 0 aromatic heterocycles. The minimum absolute atomic E-state index is 0.00144. The monoisotopic (exact) mass is 225 g/mol. The van der Waals surface area contributed by atoms with E-state index in [1.54, 1.807) is 0 Å². The fourth-order valence-electron chi connectivity index (χ4n) is 3.69. The van der Waals surface area contributed by atoms with E-state index in [0.29, 0.717) is 13.0 Å². The number of esters is 1. The lowest BCUT2D eigenvalue weighted by molar-refractivity contribution is -0.148. The van der Waals surface area contributed by atoms with Crippen molar-refractivity contribution in [2.45, 2.75) is 39.0 Å². The maximum Gasteiger partial charge on any atom is 0.306 e. The molecule has 0 N–H and O–H groups in total. The number of fused-ring (bicyclic) bond motifs is 2. The van der Waals surface area contributed by atoms with Crippen LogP contribution in [0.4, 0.5) is 0 Å². The molecule has 0 amide bonds. The highest BCUT2D eigenvalue weighted by Gasteiger charge is 2.42. The summed E-state index contributed by atoms with van der Waals surface area (Å²) in [6.07, 6.45) is 5.69. The Balaban J connectivity index is 2.00. The van der Waals surface area contributed by atoms with Crippen molar-refractivity contribution < 1.29 is 9.53 Å². The molecule has 3 heteroatoms. The average Bonchev–Trinajstić information content (AvgIpc) is 2.15. The minimum atomic E-state index is -0.00144. The smallest absolute Gasteiger partial charge is 0.306 e. The van der Waals surface area contributed by atoms with Gasteiger partial charge in [-0.05, 0) is 44.6 Å². The van der Waals surface area contributed by atoms with E-state index in [1.807, 2.05) is 6.92 Å². The summed E-state index contributed by atoms with van der Waals surface area (Å²) in [7, 11) is 2.18. The topological polar surface area (TPSA) is 29.5 Å². The largest absolute Gasteiger partial charge is 0.466 e. The lowest BCUT2D eigenvalue weighted by Gasteiger charge is -2.48. The van der Waals surface area contributed by atoms with Gasteiger partial charge in [-0.2, -0.15) is 0 Å². The Labute approximate surface area is 98.1 Å². The summed E-state index contributed by atoms with van der Waals surface area (Å²) >= 11 is 0.